The minimum absolute atomic E-state index is 0.347. The Morgan fingerprint density at radius 2 is 2.22 bits per heavy atom. The fourth-order valence-electron chi connectivity index (χ4n) is 2.87. The van der Waals surface area contributed by atoms with Gasteiger partial charge in [0.2, 0.25) is 5.91 Å². The average molecular weight is 385 g/mol. The van der Waals surface area contributed by atoms with Gasteiger partial charge < -0.3 is 14.6 Å². The van der Waals surface area contributed by atoms with Crippen molar-refractivity contribution in [1.29, 1.82) is 0 Å². The third kappa shape index (κ3) is 3.67. The van der Waals surface area contributed by atoms with Gasteiger partial charge in [-0.05, 0) is 31.1 Å². The summed E-state index contributed by atoms with van der Waals surface area (Å²) in [4.78, 5) is 17.7. The molecular weight excluding hydrogens is 369 g/mol. The third-order valence-electron chi connectivity index (χ3n) is 4.12. The average Bonchev–Trinajstić information content (AvgIpc) is 3.23. The molecule has 3 heterocycles. The Balaban J connectivity index is 1.63. The van der Waals surface area contributed by atoms with Crippen LogP contribution < -0.4 is 5.32 Å². The number of carbonyl (C=O) groups excluding carboxylic acids is 1. The summed E-state index contributed by atoms with van der Waals surface area (Å²) in [6.45, 7) is 2.83. The van der Waals surface area contributed by atoms with E-state index >= 15 is 0 Å². The number of thiophene rings is 1. The second kappa shape index (κ2) is 7.42. The van der Waals surface area contributed by atoms with Crippen LogP contribution in [0.4, 0.5) is 9.39 Å². The van der Waals surface area contributed by atoms with E-state index in [1.165, 1.54) is 29.6 Å². The highest BCUT2D eigenvalue weighted by atomic mass is 32.1. The molecule has 0 unspecified atom stereocenters. The quantitative estimate of drug-likeness (QED) is 0.688. The van der Waals surface area contributed by atoms with Gasteiger partial charge in [-0.15, -0.1) is 11.3 Å². The van der Waals surface area contributed by atoms with Crippen molar-refractivity contribution in [1.82, 2.24) is 10.1 Å². The van der Waals surface area contributed by atoms with Gasteiger partial charge in [0.1, 0.15) is 10.8 Å². The Labute approximate surface area is 158 Å². The molecule has 1 aliphatic rings. The van der Waals surface area contributed by atoms with Crippen LogP contribution in [0.15, 0.2) is 34.9 Å². The van der Waals surface area contributed by atoms with Crippen LogP contribution in [0.2, 0.25) is 0 Å². The van der Waals surface area contributed by atoms with E-state index in [1.54, 1.807) is 25.1 Å². The molecule has 0 radical (unpaired) electrons. The number of benzene rings is 1. The summed E-state index contributed by atoms with van der Waals surface area (Å²) in [7, 11) is 0. The van der Waals surface area contributed by atoms with Gasteiger partial charge in [0.05, 0.1) is 18.8 Å². The van der Waals surface area contributed by atoms with Crippen LogP contribution in [0.1, 0.15) is 21.8 Å². The predicted molar refractivity (Wildman–Crippen MR) is 99.8 cm³/mol. The molecule has 3 aromatic rings. The Morgan fingerprint density at radius 1 is 1.37 bits per heavy atom. The number of aryl methyl sites for hydroxylation is 1. The van der Waals surface area contributed by atoms with Gasteiger partial charge in [0.25, 0.3) is 5.89 Å². The number of hydrogen-bond acceptors (Lipinski definition) is 6. The van der Waals surface area contributed by atoms with Gasteiger partial charge in [0.15, 0.2) is 5.82 Å². The van der Waals surface area contributed by atoms with Crippen molar-refractivity contribution in [2.75, 3.05) is 11.9 Å². The molecule has 0 aliphatic carbocycles. The van der Waals surface area contributed by atoms with Crippen LogP contribution in [-0.4, -0.2) is 22.7 Å². The molecule has 1 aliphatic heterocycles. The number of hydrogen-bond donors (Lipinski definition) is 1. The summed E-state index contributed by atoms with van der Waals surface area (Å²) in [5.74, 6) is 0.150. The zero-order chi connectivity index (χ0) is 18.8. The number of fused-ring (bicyclic) bond motifs is 1. The molecule has 0 saturated carbocycles. The monoisotopic (exact) mass is 385 g/mol. The SMILES string of the molecule is Cc1noc(-c2c(NC(=O)C=Cc3ccccc3F)sc3c2CCOC3)n1. The summed E-state index contributed by atoms with van der Waals surface area (Å²) in [5.41, 5.74) is 2.15. The maximum Gasteiger partial charge on any atom is 0.261 e. The van der Waals surface area contributed by atoms with Crippen LogP contribution in [-0.2, 0) is 22.6 Å². The van der Waals surface area contributed by atoms with E-state index in [0.29, 0.717) is 41.9 Å². The van der Waals surface area contributed by atoms with Gasteiger partial charge in [-0.2, -0.15) is 4.98 Å². The standard InChI is InChI=1S/C19H16FN3O3S/c1-11-21-18(26-23-11)17-13-8-9-25-10-15(13)27-19(17)22-16(24)7-6-12-4-2-3-5-14(12)20/h2-7H,8-10H2,1H3,(H,22,24). The molecule has 6 nitrogen and oxygen atoms in total. The van der Waals surface area contributed by atoms with E-state index in [1.807, 2.05) is 0 Å². The summed E-state index contributed by atoms with van der Waals surface area (Å²) in [6.07, 6.45) is 3.46. The number of carbonyl (C=O) groups is 1. The molecule has 0 atom stereocenters. The first-order chi connectivity index (χ1) is 13.1. The van der Waals surface area contributed by atoms with E-state index < -0.39 is 0 Å². The predicted octanol–water partition coefficient (Wildman–Crippen LogP) is 3.97. The van der Waals surface area contributed by atoms with Gasteiger partial charge in [0, 0.05) is 16.5 Å². The lowest BCUT2D eigenvalue weighted by Crippen LogP contribution is -2.09. The molecule has 8 heteroatoms. The van der Waals surface area contributed by atoms with E-state index in [2.05, 4.69) is 15.5 Å². The second-order valence-electron chi connectivity index (χ2n) is 6.00. The normalized spacial score (nSPS) is 13.7. The highest BCUT2D eigenvalue weighted by Crippen LogP contribution is 2.42. The van der Waals surface area contributed by atoms with Gasteiger partial charge >= 0.3 is 0 Å². The molecule has 1 N–H and O–H groups in total. The molecule has 4 rings (SSSR count). The summed E-state index contributed by atoms with van der Waals surface area (Å²) in [6, 6.07) is 6.27. The van der Waals surface area contributed by atoms with E-state index in [9.17, 15) is 9.18 Å². The molecular formula is C19H16FN3O3S. The number of aromatic nitrogens is 2. The van der Waals surface area contributed by atoms with Crippen LogP contribution in [0.5, 0.6) is 0 Å². The smallest absolute Gasteiger partial charge is 0.261 e. The van der Waals surface area contributed by atoms with Gasteiger partial charge in [-0.1, -0.05) is 23.4 Å². The summed E-state index contributed by atoms with van der Waals surface area (Å²) < 4.78 is 24.5. The minimum Gasteiger partial charge on any atom is -0.376 e. The van der Waals surface area contributed by atoms with Crippen molar-refractivity contribution in [2.24, 2.45) is 0 Å². The highest BCUT2D eigenvalue weighted by molar-refractivity contribution is 7.17. The van der Waals surface area contributed by atoms with Crippen LogP contribution in [0, 0.1) is 12.7 Å². The summed E-state index contributed by atoms with van der Waals surface area (Å²) >= 11 is 1.43. The van der Waals surface area contributed by atoms with Crippen molar-refractivity contribution in [2.45, 2.75) is 20.0 Å². The topological polar surface area (TPSA) is 77.2 Å². The Bertz CT molecular complexity index is 1030. The van der Waals surface area contributed by atoms with Crippen LogP contribution >= 0.6 is 11.3 Å². The number of nitrogens with one attached hydrogen (secondary N) is 1. The summed E-state index contributed by atoms with van der Waals surface area (Å²) in [5, 5.41) is 7.32. The van der Waals surface area contributed by atoms with E-state index in [-0.39, 0.29) is 11.7 Å². The van der Waals surface area contributed by atoms with Crippen molar-refractivity contribution in [3.05, 3.63) is 58.0 Å². The van der Waals surface area contributed by atoms with E-state index in [4.69, 9.17) is 9.26 Å². The lowest BCUT2D eigenvalue weighted by molar-refractivity contribution is -0.111. The molecule has 0 bridgehead atoms. The lowest BCUT2D eigenvalue weighted by Gasteiger charge is -2.12. The first-order valence-corrected chi connectivity index (χ1v) is 9.20. The zero-order valence-electron chi connectivity index (χ0n) is 14.5. The molecule has 0 spiro atoms. The maximum atomic E-state index is 13.7. The van der Waals surface area contributed by atoms with Crippen molar-refractivity contribution < 1.29 is 18.4 Å². The zero-order valence-corrected chi connectivity index (χ0v) is 15.3. The number of anilines is 1. The molecule has 138 valence electrons. The molecule has 0 fully saturated rings. The number of amides is 1. The minimum atomic E-state index is -0.382. The first-order valence-electron chi connectivity index (χ1n) is 8.38. The molecule has 27 heavy (non-hydrogen) atoms. The Morgan fingerprint density at radius 3 is 3.00 bits per heavy atom. The van der Waals surface area contributed by atoms with Crippen LogP contribution in [0.3, 0.4) is 0 Å². The van der Waals surface area contributed by atoms with Crippen molar-refractivity contribution >= 4 is 28.3 Å². The Kier molecular flexibility index (Phi) is 4.83. The number of halogens is 1. The molecule has 1 amide bonds. The van der Waals surface area contributed by atoms with E-state index in [0.717, 1.165) is 16.0 Å². The molecule has 1 aromatic carbocycles. The highest BCUT2D eigenvalue weighted by Gasteiger charge is 2.26. The van der Waals surface area contributed by atoms with Crippen LogP contribution in [0.25, 0.3) is 17.5 Å². The molecule has 2 aromatic heterocycles. The Hall–Kier alpha value is -2.84. The maximum absolute atomic E-state index is 13.7. The number of nitrogens with zero attached hydrogens (tertiary/aromatic N) is 2. The third-order valence-corrected chi connectivity index (χ3v) is 5.24. The van der Waals surface area contributed by atoms with Gasteiger partial charge in [-0.3, -0.25) is 4.79 Å². The second-order valence-corrected chi connectivity index (χ2v) is 7.11. The fourth-order valence-corrected chi connectivity index (χ4v) is 4.05. The largest absolute Gasteiger partial charge is 0.376 e. The van der Waals surface area contributed by atoms with Crippen molar-refractivity contribution in [3.8, 4) is 11.5 Å². The van der Waals surface area contributed by atoms with Crippen molar-refractivity contribution in [3.63, 3.8) is 0 Å². The molecule has 0 saturated heterocycles. The first kappa shape index (κ1) is 17.6. The number of rotatable bonds is 4. The lowest BCUT2D eigenvalue weighted by atomic mass is 10.1. The van der Waals surface area contributed by atoms with Gasteiger partial charge in [-0.25, -0.2) is 4.39 Å². The fraction of sp³-hybridized carbons (Fsp3) is 0.211. The number of ether oxygens (including phenoxy) is 1.